The fourth-order valence-corrected chi connectivity index (χ4v) is 2.30. The summed E-state index contributed by atoms with van der Waals surface area (Å²) >= 11 is 0. The maximum atomic E-state index is 12.3. The highest BCUT2D eigenvalue weighted by Gasteiger charge is 2.21. The number of nitrogens with two attached hydrogens (primary N) is 1. The normalized spacial score (nSPS) is 11.6. The maximum absolute atomic E-state index is 12.3. The van der Waals surface area contributed by atoms with E-state index in [9.17, 15) is 14.4 Å². The SMILES string of the molecule is Cc1nn(C)c(C)c1NC(=O)[C@H](C)OC(=O)c1ccc(OCC(N)=O)cc1. The number of nitrogens with zero attached hydrogens (tertiary/aromatic N) is 2. The third-order valence-corrected chi connectivity index (χ3v) is 3.88. The Bertz CT molecular complexity index is 857. The lowest BCUT2D eigenvalue weighted by atomic mass is 10.2. The molecule has 1 atom stereocenters. The van der Waals surface area contributed by atoms with Crippen molar-refractivity contribution in [2.75, 3.05) is 11.9 Å². The van der Waals surface area contributed by atoms with Gasteiger partial charge in [-0.1, -0.05) is 0 Å². The van der Waals surface area contributed by atoms with Gasteiger partial charge in [-0.15, -0.1) is 0 Å². The topological polar surface area (TPSA) is 126 Å². The minimum absolute atomic E-state index is 0.245. The molecule has 2 amide bonds. The van der Waals surface area contributed by atoms with E-state index >= 15 is 0 Å². The van der Waals surface area contributed by atoms with Gasteiger partial charge in [-0.05, 0) is 45.0 Å². The number of amides is 2. The molecule has 0 aliphatic heterocycles. The average molecular weight is 374 g/mol. The average Bonchev–Trinajstić information content (AvgIpc) is 2.86. The van der Waals surface area contributed by atoms with Gasteiger partial charge in [0.05, 0.1) is 22.6 Å². The highest BCUT2D eigenvalue weighted by Crippen LogP contribution is 2.19. The zero-order valence-electron chi connectivity index (χ0n) is 15.6. The summed E-state index contributed by atoms with van der Waals surface area (Å²) in [6.45, 7) is 4.84. The Morgan fingerprint density at radius 1 is 1.22 bits per heavy atom. The number of aromatic nitrogens is 2. The van der Waals surface area contributed by atoms with Gasteiger partial charge in [-0.25, -0.2) is 4.79 Å². The molecule has 0 aliphatic rings. The Labute approximate surface area is 156 Å². The number of benzene rings is 1. The van der Waals surface area contributed by atoms with Crippen LogP contribution in [-0.4, -0.2) is 40.3 Å². The van der Waals surface area contributed by atoms with E-state index in [0.717, 1.165) is 5.69 Å². The molecule has 0 saturated carbocycles. The van der Waals surface area contributed by atoms with Gasteiger partial charge in [-0.3, -0.25) is 14.3 Å². The molecular formula is C18H22N4O5. The van der Waals surface area contributed by atoms with Crippen LogP contribution >= 0.6 is 0 Å². The highest BCUT2D eigenvalue weighted by molar-refractivity contribution is 5.98. The first-order valence-corrected chi connectivity index (χ1v) is 8.22. The zero-order chi connectivity index (χ0) is 20.1. The molecule has 9 nitrogen and oxygen atoms in total. The lowest BCUT2D eigenvalue weighted by Gasteiger charge is -2.14. The third-order valence-electron chi connectivity index (χ3n) is 3.88. The number of hydrogen-bond acceptors (Lipinski definition) is 6. The minimum atomic E-state index is -0.998. The zero-order valence-corrected chi connectivity index (χ0v) is 15.6. The van der Waals surface area contributed by atoms with Crippen molar-refractivity contribution in [2.24, 2.45) is 12.8 Å². The van der Waals surface area contributed by atoms with Crippen LogP contribution in [0.1, 0.15) is 28.7 Å². The van der Waals surface area contributed by atoms with E-state index in [1.807, 2.05) is 6.92 Å². The van der Waals surface area contributed by atoms with Crippen LogP contribution in [0.15, 0.2) is 24.3 Å². The van der Waals surface area contributed by atoms with Crippen LogP contribution in [0.2, 0.25) is 0 Å². The van der Waals surface area contributed by atoms with Crippen molar-refractivity contribution < 1.29 is 23.9 Å². The fourth-order valence-electron chi connectivity index (χ4n) is 2.30. The molecule has 0 bridgehead atoms. The number of primary amides is 1. The summed E-state index contributed by atoms with van der Waals surface area (Å²) in [5.41, 5.74) is 7.31. The first kappa shape index (κ1) is 20.0. The van der Waals surface area contributed by atoms with Crippen LogP contribution in [0.4, 0.5) is 5.69 Å². The van der Waals surface area contributed by atoms with Gasteiger partial charge in [0.15, 0.2) is 12.7 Å². The van der Waals surface area contributed by atoms with E-state index in [4.69, 9.17) is 15.2 Å². The Morgan fingerprint density at radius 3 is 2.37 bits per heavy atom. The van der Waals surface area contributed by atoms with Gasteiger partial charge >= 0.3 is 5.97 Å². The van der Waals surface area contributed by atoms with E-state index in [1.165, 1.54) is 31.2 Å². The van der Waals surface area contributed by atoms with Gasteiger partial charge in [0.1, 0.15) is 5.75 Å². The molecule has 0 radical (unpaired) electrons. The third kappa shape index (κ3) is 5.06. The summed E-state index contributed by atoms with van der Waals surface area (Å²) in [6, 6.07) is 5.96. The number of ether oxygens (including phenoxy) is 2. The predicted octanol–water partition coefficient (Wildman–Crippen LogP) is 1.09. The summed E-state index contributed by atoms with van der Waals surface area (Å²) in [5.74, 6) is -1.32. The van der Waals surface area contributed by atoms with Crippen LogP contribution in [0.25, 0.3) is 0 Å². The number of aryl methyl sites for hydroxylation is 2. The smallest absolute Gasteiger partial charge is 0.338 e. The molecule has 2 rings (SSSR count). The molecule has 27 heavy (non-hydrogen) atoms. The van der Waals surface area contributed by atoms with Crippen molar-refractivity contribution >= 4 is 23.5 Å². The van der Waals surface area contributed by atoms with E-state index in [2.05, 4.69) is 10.4 Å². The van der Waals surface area contributed by atoms with E-state index in [0.29, 0.717) is 17.1 Å². The largest absolute Gasteiger partial charge is 0.484 e. The lowest BCUT2D eigenvalue weighted by molar-refractivity contribution is -0.123. The summed E-state index contributed by atoms with van der Waals surface area (Å²) in [4.78, 5) is 35.2. The molecule has 0 aliphatic carbocycles. The van der Waals surface area contributed by atoms with E-state index in [-0.39, 0.29) is 12.2 Å². The number of anilines is 1. The second-order valence-corrected chi connectivity index (χ2v) is 5.99. The Kier molecular flexibility index (Phi) is 6.17. The number of carbonyl (C=O) groups is 3. The minimum Gasteiger partial charge on any atom is -0.484 e. The molecule has 3 N–H and O–H groups in total. The number of carbonyl (C=O) groups excluding carboxylic acids is 3. The van der Waals surface area contributed by atoms with Gasteiger partial charge in [-0.2, -0.15) is 5.10 Å². The maximum Gasteiger partial charge on any atom is 0.338 e. The van der Waals surface area contributed by atoms with E-state index in [1.54, 1.807) is 18.7 Å². The molecule has 0 fully saturated rings. The van der Waals surface area contributed by atoms with Crippen molar-refractivity contribution in [1.82, 2.24) is 9.78 Å². The van der Waals surface area contributed by atoms with Gasteiger partial charge < -0.3 is 20.5 Å². The lowest BCUT2D eigenvalue weighted by Crippen LogP contribution is -2.30. The van der Waals surface area contributed by atoms with Crippen LogP contribution in [0.3, 0.4) is 0 Å². The van der Waals surface area contributed by atoms with Crippen LogP contribution in [0, 0.1) is 13.8 Å². The van der Waals surface area contributed by atoms with Crippen molar-refractivity contribution in [1.29, 1.82) is 0 Å². The molecule has 2 aromatic rings. The van der Waals surface area contributed by atoms with Crippen molar-refractivity contribution in [3.63, 3.8) is 0 Å². The van der Waals surface area contributed by atoms with Crippen molar-refractivity contribution in [3.8, 4) is 5.75 Å². The molecule has 1 heterocycles. The Balaban J connectivity index is 1.96. The van der Waals surface area contributed by atoms with Gasteiger partial charge in [0, 0.05) is 7.05 Å². The number of nitrogens with one attached hydrogen (secondary N) is 1. The molecule has 0 spiro atoms. The van der Waals surface area contributed by atoms with Crippen LogP contribution in [0.5, 0.6) is 5.75 Å². The number of rotatable bonds is 7. The molecule has 144 valence electrons. The number of hydrogen-bond donors (Lipinski definition) is 2. The van der Waals surface area contributed by atoms with Gasteiger partial charge in [0.25, 0.3) is 11.8 Å². The van der Waals surface area contributed by atoms with Crippen molar-refractivity contribution in [3.05, 3.63) is 41.2 Å². The Morgan fingerprint density at radius 2 is 1.85 bits per heavy atom. The van der Waals surface area contributed by atoms with Crippen LogP contribution < -0.4 is 15.8 Å². The molecule has 9 heteroatoms. The standard InChI is InChI=1S/C18H22N4O5/c1-10-16(11(2)22(4)21-10)20-17(24)12(3)27-18(25)13-5-7-14(8-6-13)26-9-15(19)23/h5-8,12H,9H2,1-4H3,(H2,19,23)(H,20,24)/t12-/m0/s1. The molecular weight excluding hydrogens is 352 g/mol. The monoisotopic (exact) mass is 374 g/mol. The van der Waals surface area contributed by atoms with E-state index < -0.39 is 23.9 Å². The highest BCUT2D eigenvalue weighted by atomic mass is 16.5. The second kappa shape index (κ2) is 8.35. The molecule has 0 unspecified atom stereocenters. The first-order chi connectivity index (χ1) is 12.7. The van der Waals surface area contributed by atoms with Crippen LogP contribution in [-0.2, 0) is 21.4 Å². The van der Waals surface area contributed by atoms with Gasteiger partial charge in [0.2, 0.25) is 0 Å². The summed E-state index contributed by atoms with van der Waals surface area (Å²) in [7, 11) is 1.78. The fraction of sp³-hybridized carbons (Fsp3) is 0.333. The Hall–Kier alpha value is -3.36. The predicted molar refractivity (Wildman–Crippen MR) is 97.3 cm³/mol. The summed E-state index contributed by atoms with van der Waals surface area (Å²) in [6.07, 6.45) is -0.998. The summed E-state index contributed by atoms with van der Waals surface area (Å²) < 4.78 is 12.0. The second-order valence-electron chi connectivity index (χ2n) is 5.99. The quantitative estimate of drug-likeness (QED) is 0.699. The molecule has 1 aromatic heterocycles. The first-order valence-electron chi connectivity index (χ1n) is 8.22. The summed E-state index contributed by atoms with van der Waals surface area (Å²) in [5, 5.41) is 6.95. The molecule has 0 saturated heterocycles. The molecule has 1 aromatic carbocycles. The number of esters is 1. The van der Waals surface area contributed by atoms with Crippen molar-refractivity contribution in [2.45, 2.75) is 26.9 Å².